The van der Waals surface area contributed by atoms with Gasteiger partial charge in [-0.3, -0.25) is 9.59 Å². The maximum absolute atomic E-state index is 12.2. The molecule has 2 rings (SSSR count). The largest absolute Gasteiger partial charge is 0.480 e. The smallest absolute Gasteiger partial charge is 0.319 e. The van der Waals surface area contributed by atoms with E-state index < -0.39 is 17.3 Å². The Bertz CT molecular complexity index is 556. The van der Waals surface area contributed by atoms with Gasteiger partial charge in [0.25, 0.3) is 0 Å². The molecule has 0 spiro atoms. The molecule has 0 aliphatic heterocycles. The zero-order chi connectivity index (χ0) is 13.3. The van der Waals surface area contributed by atoms with E-state index in [0.29, 0.717) is 24.1 Å². The number of hydrogen-bond acceptors (Lipinski definition) is 3. The van der Waals surface area contributed by atoms with Gasteiger partial charge >= 0.3 is 5.97 Å². The topological polar surface area (TPSA) is 81.4 Å². The molecule has 1 aliphatic rings. The van der Waals surface area contributed by atoms with E-state index in [0.717, 1.165) is 0 Å². The molecule has 5 nitrogen and oxygen atoms in total. The number of nitrogens with zero attached hydrogens (tertiary/aromatic N) is 2. The summed E-state index contributed by atoms with van der Waals surface area (Å²) in [6.07, 6.45) is 0.723. The van der Waals surface area contributed by atoms with Gasteiger partial charge in [0.15, 0.2) is 0 Å². The van der Waals surface area contributed by atoms with E-state index in [9.17, 15) is 9.59 Å². The Labute approximate surface area is 104 Å². The molecule has 0 radical (unpaired) electrons. The van der Waals surface area contributed by atoms with E-state index in [1.807, 2.05) is 6.07 Å². The lowest BCUT2D eigenvalue weighted by Crippen LogP contribution is -2.38. The summed E-state index contributed by atoms with van der Waals surface area (Å²) in [5.74, 6) is -1.55. The highest BCUT2D eigenvalue weighted by molar-refractivity contribution is 6.12. The van der Waals surface area contributed by atoms with Crippen LogP contribution in [0, 0.1) is 16.7 Å². The van der Waals surface area contributed by atoms with Crippen molar-refractivity contribution >= 4 is 17.6 Å². The number of amides is 1. The summed E-state index contributed by atoms with van der Waals surface area (Å²) < 4.78 is 0. The Hall–Kier alpha value is -2.35. The molecule has 1 amide bonds. The number of carbonyl (C=O) groups excluding carboxylic acids is 1. The second-order valence-corrected chi connectivity index (χ2v) is 4.38. The standard InChI is InChI=1S/C13H12N2O3/c1-15(10-5-3-2-4-9(10)8-14)11(16)13(6-7-13)12(17)18/h2-5H,6-7H2,1H3,(H,17,18). The van der Waals surface area contributed by atoms with E-state index in [4.69, 9.17) is 10.4 Å². The van der Waals surface area contributed by atoms with Crippen molar-refractivity contribution in [2.24, 2.45) is 5.41 Å². The highest BCUT2D eigenvalue weighted by Gasteiger charge is 2.58. The van der Waals surface area contributed by atoms with Gasteiger partial charge in [-0.05, 0) is 25.0 Å². The predicted molar refractivity (Wildman–Crippen MR) is 63.9 cm³/mol. The summed E-state index contributed by atoms with van der Waals surface area (Å²) in [5, 5.41) is 18.1. The summed E-state index contributed by atoms with van der Waals surface area (Å²) in [7, 11) is 1.50. The lowest BCUT2D eigenvalue weighted by Gasteiger charge is -2.21. The van der Waals surface area contributed by atoms with E-state index >= 15 is 0 Å². The first kappa shape index (κ1) is 12.1. The van der Waals surface area contributed by atoms with Crippen LogP contribution in [0.2, 0.25) is 0 Å². The predicted octanol–water partition coefficient (Wildman–Crippen LogP) is 1.39. The zero-order valence-electron chi connectivity index (χ0n) is 9.88. The van der Waals surface area contributed by atoms with Crippen LogP contribution in [0.25, 0.3) is 0 Å². The summed E-state index contributed by atoms with van der Waals surface area (Å²) in [6, 6.07) is 8.63. The SMILES string of the molecule is CN(C(=O)C1(C(=O)O)CC1)c1ccccc1C#N. The molecule has 0 aromatic heterocycles. The molecule has 0 atom stereocenters. The molecule has 0 bridgehead atoms. The van der Waals surface area contributed by atoms with Crippen molar-refractivity contribution in [2.75, 3.05) is 11.9 Å². The average Bonchev–Trinajstić information content (AvgIpc) is 3.18. The van der Waals surface area contributed by atoms with Crippen molar-refractivity contribution in [3.05, 3.63) is 29.8 Å². The molecule has 1 fully saturated rings. The van der Waals surface area contributed by atoms with Crippen LogP contribution >= 0.6 is 0 Å². The fourth-order valence-corrected chi connectivity index (χ4v) is 1.94. The fourth-order valence-electron chi connectivity index (χ4n) is 1.94. The van der Waals surface area contributed by atoms with Crippen LogP contribution in [0.4, 0.5) is 5.69 Å². The number of rotatable bonds is 3. The molecule has 0 unspecified atom stereocenters. The Balaban J connectivity index is 2.33. The number of nitriles is 1. The fraction of sp³-hybridized carbons (Fsp3) is 0.308. The third kappa shape index (κ3) is 1.72. The Morgan fingerprint density at radius 3 is 2.50 bits per heavy atom. The number of anilines is 1. The molecule has 1 aliphatic carbocycles. The van der Waals surface area contributed by atoms with Crippen molar-refractivity contribution in [2.45, 2.75) is 12.8 Å². The monoisotopic (exact) mass is 244 g/mol. The maximum atomic E-state index is 12.2. The minimum absolute atomic E-state index is 0.356. The lowest BCUT2D eigenvalue weighted by molar-refractivity contribution is -0.148. The van der Waals surface area contributed by atoms with Crippen LogP contribution in [-0.4, -0.2) is 24.0 Å². The first-order chi connectivity index (χ1) is 8.53. The van der Waals surface area contributed by atoms with Crippen LogP contribution in [0.1, 0.15) is 18.4 Å². The van der Waals surface area contributed by atoms with Crippen LogP contribution in [0.5, 0.6) is 0 Å². The zero-order valence-corrected chi connectivity index (χ0v) is 9.88. The van der Waals surface area contributed by atoms with Gasteiger partial charge in [-0.15, -0.1) is 0 Å². The van der Waals surface area contributed by atoms with Crippen molar-refractivity contribution < 1.29 is 14.7 Å². The van der Waals surface area contributed by atoms with Gasteiger partial charge in [0.05, 0.1) is 11.3 Å². The number of para-hydroxylation sites is 1. The Kier molecular flexibility index (Phi) is 2.79. The maximum Gasteiger partial charge on any atom is 0.319 e. The number of carbonyl (C=O) groups is 2. The molecule has 0 saturated heterocycles. The number of benzene rings is 1. The highest BCUT2D eigenvalue weighted by atomic mass is 16.4. The summed E-state index contributed by atoms with van der Waals surface area (Å²) >= 11 is 0. The second-order valence-electron chi connectivity index (χ2n) is 4.38. The minimum Gasteiger partial charge on any atom is -0.480 e. The molecule has 18 heavy (non-hydrogen) atoms. The first-order valence-corrected chi connectivity index (χ1v) is 5.53. The number of aliphatic carboxylic acids is 1. The van der Waals surface area contributed by atoms with E-state index in [1.54, 1.807) is 24.3 Å². The number of hydrogen-bond donors (Lipinski definition) is 1. The molecule has 1 aromatic rings. The van der Waals surface area contributed by atoms with Gasteiger partial charge in [-0.2, -0.15) is 5.26 Å². The lowest BCUT2D eigenvalue weighted by atomic mass is 10.0. The Morgan fingerprint density at radius 2 is 2.00 bits per heavy atom. The molecule has 1 saturated carbocycles. The normalized spacial score (nSPS) is 15.6. The third-order valence-corrected chi connectivity index (χ3v) is 3.26. The minimum atomic E-state index is -1.28. The molecule has 92 valence electrons. The van der Waals surface area contributed by atoms with Gasteiger partial charge in [0, 0.05) is 7.05 Å². The van der Waals surface area contributed by atoms with Crippen molar-refractivity contribution in [3.63, 3.8) is 0 Å². The Morgan fingerprint density at radius 1 is 1.39 bits per heavy atom. The number of carboxylic acids is 1. The van der Waals surface area contributed by atoms with E-state index in [-0.39, 0.29) is 0 Å². The van der Waals surface area contributed by atoms with Crippen LogP contribution in [-0.2, 0) is 9.59 Å². The van der Waals surface area contributed by atoms with Gasteiger partial charge in [0.2, 0.25) is 5.91 Å². The van der Waals surface area contributed by atoms with Crippen LogP contribution < -0.4 is 4.90 Å². The van der Waals surface area contributed by atoms with Gasteiger partial charge in [-0.1, -0.05) is 12.1 Å². The summed E-state index contributed by atoms with van der Waals surface area (Å²) in [5.41, 5.74) is -0.482. The third-order valence-electron chi connectivity index (χ3n) is 3.26. The molecule has 1 aromatic carbocycles. The van der Waals surface area contributed by atoms with E-state index in [1.165, 1.54) is 11.9 Å². The van der Waals surface area contributed by atoms with Crippen LogP contribution in [0.15, 0.2) is 24.3 Å². The second kappa shape index (κ2) is 4.15. The molecule has 0 heterocycles. The average molecular weight is 244 g/mol. The molecule has 5 heteroatoms. The summed E-state index contributed by atoms with van der Waals surface area (Å²) in [6.45, 7) is 0. The van der Waals surface area contributed by atoms with Crippen LogP contribution in [0.3, 0.4) is 0 Å². The van der Waals surface area contributed by atoms with E-state index in [2.05, 4.69) is 0 Å². The first-order valence-electron chi connectivity index (χ1n) is 5.53. The number of carboxylic acid groups (broad SMARTS) is 1. The van der Waals surface area contributed by atoms with Crippen molar-refractivity contribution in [3.8, 4) is 6.07 Å². The quantitative estimate of drug-likeness (QED) is 0.814. The summed E-state index contributed by atoms with van der Waals surface area (Å²) in [4.78, 5) is 24.5. The molecular formula is C13H12N2O3. The van der Waals surface area contributed by atoms with Gasteiger partial charge < -0.3 is 10.0 Å². The van der Waals surface area contributed by atoms with Gasteiger partial charge in [-0.25, -0.2) is 0 Å². The van der Waals surface area contributed by atoms with Crippen molar-refractivity contribution in [1.82, 2.24) is 0 Å². The van der Waals surface area contributed by atoms with Gasteiger partial charge in [0.1, 0.15) is 11.5 Å². The molecule has 1 N–H and O–H groups in total. The highest BCUT2D eigenvalue weighted by Crippen LogP contribution is 2.48. The van der Waals surface area contributed by atoms with Crippen molar-refractivity contribution in [1.29, 1.82) is 5.26 Å². The molecular weight excluding hydrogens is 232 g/mol.